The third-order valence-electron chi connectivity index (χ3n) is 2.57. The Balaban J connectivity index is 2.99. The predicted octanol–water partition coefficient (Wildman–Crippen LogP) is -0.252. The number of rotatable bonds is 6. The molecular weight excluding hydrogens is 270 g/mol. The van der Waals surface area contributed by atoms with E-state index in [4.69, 9.17) is 4.74 Å². The highest BCUT2D eigenvalue weighted by molar-refractivity contribution is 7.89. The molecule has 0 aliphatic rings. The molecule has 1 aromatic rings. The van der Waals surface area contributed by atoms with Crippen LogP contribution >= 0.6 is 0 Å². The van der Waals surface area contributed by atoms with Crippen molar-refractivity contribution in [2.24, 2.45) is 5.92 Å². The van der Waals surface area contributed by atoms with Crippen LogP contribution in [-0.2, 0) is 14.8 Å². The van der Waals surface area contributed by atoms with Crippen molar-refractivity contribution in [3.8, 4) is 5.75 Å². The van der Waals surface area contributed by atoms with Crippen LogP contribution in [0.5, 0.6) is 5.75 Å². The number of ether oxygens (including phenoxy) is 1. The van der Waals surface area contributed by atoms with Gasteiger partial charge in [0.15, 0.2) is 0 Å². The van der Waals surface area contributed by atoms with E-state index in [2.05, 4.69) is 4.72 Å². The minimum atomic E-state index is -3.90. The second kappa shape index (κ2) is 6.03. The normalized spacial score (nSPS) is 13.3. The Bertz CT molecular complexity index is 536. The number of nitrogens with one attached hydrogen (secondary N) is 1. The van der Waals surface area contributed by atoms with Crippen LogP contribution in [0.3, 0.4) is 0 Å². The quantitative estimate of drug-likeness (QED) is 0.778. The molecule has 1 N–H and O–H groups in total. The number of aliphatic carboxylic acids is 1. The first kappa shape index (κ1) is 15.5. The Labute approximate surface area is 112 Å². The molecule has 0 spiro atoms. The Kier molecular flexibility index (Phi) is 4.90. The minimum absolute atomic E-state index is 0.0276. The second-order valence-electron chi connectivity index (χ2n) is 4.34. The Morgan fingerprint density at radius 1 is 1.26 bits per heavy atom. The first-order valence-corrected chi connectivity index (χ1v) is 7.13. The van der Waals surface area contributed by atoms with E-state index in [-0.39, 0.29) is 4.90 Å². The molecule has 106 valence electrons. The number of carbonyl (C=O) groups excluding carboxylic acids is 1. The monoisotopic (exact) mass is 286 g/mol. The lowest BCUT2D eigenvalue weighted by Crippen LogP contribution is -2.50. The molecule has 0 saturated carbocycles. The van der Waals surface area contributed by atoms with Crippen molar-refractivity contribution in [3.05, 3.63) is 24.3 Å². The van der Waals surface area contributed by atoms with Crippen LogP contribution in [-0.4, -0.2) is 27.5 Å². The fraction of sp³-hybridized carbons (Fsp3) is 0.417. The zero-order valence-corrected chi connectivity index (χ0v) is 11.7. The standard InChI is InChI=1S/C12H17NO5S/c1-8(2)11(12(14)15)13-19(16,17)10-6-4-9(18-3)5-7-10/h4-8,11,13H,1-3H3,(H,14,15)/p-1/t11-/m0/s1. The number of benzene rings is 1. The van der Waals surface area contributed by atoms with Gasteiger partial charge in [0.1, 0.15) is 5.75 Å². The number of carboxylic acid groups (broad SMARTS) is 1. The third kappa shape index (κ3) is 3.93. The molecule has 0 saturated heterocycles. The highest BCUT2D eigenvalue weighted by Crippen LogP contribution is 2.16. The van der Waals surface area contributed by atoms with Gasteiger partial charge in [0.25, 0.3) is 0 Å². The van der Waals surface area contributed by atoms with Gasteiger partial charge in [-0.25, -0.2) is 13.1 Å². The summed E-state index contributed by atoms with van der Waals surface area (Å²) >= 11 is 0. The minimum Gasteiger partial charge on any atom is -0.548 e. The van der Waals surface area contributed by atoms with Crippen LogP contribution in [0.25, 0.3) is 0 Å². The fourth-order valence-electron chi connectivity index (χ4n) is 1.45. The van der Waals surface area contributed by atoms with Gasteiger partial charge in [0, 0.05) is 0 Å². The largest absolute Gasteiger partial charge is 0.548 e. The van der Waals surface area contributed by atoms with Gasteiger partial charge in [-0.2, -0.15) is 0 Å². The number of sulfonamides is 1. The molecule has 1 rings (SSSR count). The zero-order chi connectivity index (χ0) is 14.6. The molecule has 0 aliphatic heterocycles. The lowest BCUT2D eigenvalue weighted by Gasteiger charge is -2.23. The van der Waals surface area contributed by atoms with Crippen molar-refractivity contribution < 1.29 is 23.1 Å². The molecule has 0 radical (unpaired) electrons. The number of hydrogen-bond acceptors (Lipinski definition) is 5. The van der Waals surface area contributed by atoms with Crippen LogP contribution in [0.15, 0.2) is 29.2 Å². The van der Waals surface area contributed by atoms with Crippen molar-refractivity contribution in [2.75, 3.05) is 7.11 Å². The summed E-state index contributed by atoms with van der Waals surface area (Å²) in [6.45, 7) is 3.19. The second-order valence-corrected chi connectivity index (χ2v) is 6.05. The van der Waals surface area contributed by atoms with Crippen LogP contribution in [0.4, 0.5) is 0 Å². The lowest BCUT2D eigenvalue weighted by atomic mass is 10.1. The maximum atomic E-state index is 12.0. The predicted molar refractivity (Wildman–Crippen MR) is 66.9 cm³/mol. The Morgan fingerprint density at radius 2 is 1.79 bits per heavy atom. The van der Waals surface area contributed by atoms with E-state index in [1.807, 2.05) is 0 Å². The van der Waals surface area contributed by atoms with Gasteiger partial charge in [-0.15, -0.1) is 0 Å². The van der Waals surface area contributed by atoms with Crippen LogP contribution < -0.4 is 14.6 Å². The molecule has 0 amide bonds. The van der Waals surface area contributed by atoms with E-state index in [0.29, 0.717) is 5.75 Å². The van der Waals surface area contributed by atoms with E-state index in [9.17, 15) is 18.3 Å². The van der Waals surface area contributed by atoms with Crippen molar-refractivity contribution in [2.45, 2.75) is 24.8 Å². The molecule has 0 fully saturated rings. The smallest absolute Gasteiger partial charge is 0.241 e. The van der Waals surface area contributed by atoms with E-state index >= 15 is 0 Å². The summed E-state index contributed by atoms with van der Waals surface area (Å²) in [4.78, 5) is 10.9. The van der Waals surface area contributed by atoms with Crippen molar-refractivity contribution in [1.82, 2.24) is 4.72 Å². The number of carboxylic acids is 1. The lowest BCUT2D eigenvalue weighted by molar-refractivity contribution is -0.309. The average Bonchev–Trinajstić information content (AvgIpc) is 2.35. The summed E-state index contributed by atoms with van der Waals surface area (Å²) in [6.07, 6.45) is 0. The topological polar surface area (TPSA) is 95.5 Å². The van der Waals surface area contributed by atoms with Crippen molar-refractivity contribution >= 4 is 16.0 Å². The molecule has 1 aromatic carbocycles. The van der Waals surface area contributed by atoms with E-state index < -0.39 is 28.0 Å². The number of hydrogen-bond donors (Lipinski definition) is 1. The van der Waals surface area contributed by atoms with E-state index in [1.54, 1.807) is 13.8 Å². The zero-order valence-electron chi connectivity index (χ0n) is 10.9. The summed E-state index contributed by atoms with van der Waals surface area (Å²) < 4.78 is 31.1. The molecule has 19 heavy (non-hydrogen) atoms. The molecule has 0 bridgehead atoms. The van der Waals surface area contributed by atoms with Gasteiger partial charge in [-0.05, 0) is 30.2 Å². The molecular formula is C12H16NO5S-. The van der Waals surface area contributed by atoms with Crippen LogP contribution in [0.1, 0.15) is 13.8 Å². The van der Waals surface area contributed by atoms with Gasteiger partial charge in [-0.3, -0.25) is 0 Å². The summed E-state index contributed by atoms with van der Waals surface area (Å²) in [7, 11) is -2.44. The highest BCUT2D eigenvalue weighted by atomic mass is 32.2. The molecule has 1 atom stereocenters. The molecule has 0 unspecified atom stereocenters. The van der Waals surface area contributed by atoms with Crippen molar-refractivity contribution in [3.63, 3.8) is 0 Å². The van der Waals surface area contributed by atoms with Gasteiger partial charge in [0.2, 0.25) is 10.0 Å². The first-order chi connectivity index (χ1) is 8.77. The molecule has 7 heteroatoms. The van der Waals surface area contributed by atoms with Gasteiger partial charge in [0.05, 0.1) is 24.0 Å². The van der Waals surface area contributed by atoms with E-state index in [0.717, 1.165) is 0 Å². The van der Waals surface area contributed by atoms with E-state index in [1.165, 1.54) is 31.4 Å². The summed E-state index contributed by atoms with van der Waals surface area (Å²) in [6, 6.07) is 4.38. The maximum absolute atomic E-state index is 12.0. The fourth-order valence-corrected chi connectivity index (χ4v) is 2.78. The van der Waals surface area contributed by atoms with Gasteiger partial charge >= 0.3 is 0 Å². The van der Waals surface area contributed by atoms with Gasteiger partial charge < -0.3 is 14.6 Å². The first-order valence-electron chi connectivity index (χ1n) is 5.65. The summed E-state index contributed by atoms with van der Waals surface area (Å²) in [5.74, 6) is -1.36. The average molecular weight is 286 g/mol. The Hall–Kier alpha value is -1.60. The maximum Gasteiger partial charge on any atom is 0.241 e. The molecule has 0 aromatic heterocycles. The molecule has 0 heterocycles. The number of carbonyl (C=O) groups is 1. The number of methoxy groups -OCH3 is 1. The highest BCUT2D eigenvalue weighted by Gasteiger charge is 2.23. The van der Waals surface area contributed by atoms with Gasteiger partial charge in [-0.1, -0.05) is 13.8 Å². The van der Waals surface area contributed by atoms with Crippen LogP contribution in [0, 0.1) is 5.92 Å². The van der Waals surface area contributed by atoms with Crippen LogP contribution in [0.2, 0.25) is 0 Å². The SMILES string of the molecule is COc1ccc(S(=O)(=O)N[C@H](C(=O)[O-])C(C)C)cc1. The summed E-state index contributed by atoms with van der Waals surface area (Å²) in [5.41, 5.74) is 0. The summed E-state index contributed by atoms with van der Waals surface area (Å²) in [5, 5.41) is 10.9. The molecule has 6 nitrogen and oxygen atoms in total. The molecule has 0 aliphatic carbocycles. The van der Waals surface area contributed by atoms with Crippen molar-refractivity contribution in [1.29, 1.82) is 0 Å². The Morgan fingerprint density at radius 3 is 2.16 bits per heavy atom. The third-order valence-corrected chi connectivity index (χ3v) is 4.03.